The number of allylic oxidation sites excluding steroid dienone is 1. The third-order valence-corrected chi connectivity index (χ3v) is 0.802. The highest BCUT2D eigenvalue weighted by molar-refractivity contribution is 5.70. The molecule has 1 heterocycles. The maximum atomic E-state index is 8.34. The molecule has 50 valence electrons. The van der Waals surface area contributed by atoms with Crippen LogP contribution in [-0.2, 0) is 0 Å². The molecule has 3 N–H and O–H groups in total. The average molecular weight is 128 g/mol. The zero-order chi connectivity index (χ0) is 6.53. The van der Waals surface area contributed by atoms with Crippen molar-refractivity contribution in [1.29, 1.82) is 0 Å². The number of aliphatic hydroxyl groups is 1. The van der Waals surface area contributed by atoms with Gasteiger partial charge in [-0.2, -0.15) is 10.5 Å². The van der Waals surface area contributed by atoms with Gasteiger partial charge in [-0.3, -0.25) is 0 Å². The molecule has 0 amide bonds. The van der Waals surface area contributed by atoms with Crippen molar-refractivity contribution in [1.82, 2.24) is 16.1 Å². The van der Waals surface area contributed by atoms with Crippen molar-refractivity contribution in [3.05, 3.63) is 12.3 Å². The molecule has 0 fully saturated rings. The van der Waals surface area contributed by atoms with E-state index in [0.717, 1.165) is 0 Å². The third-order valence-electron chi connectivity index (χ3n) is 0.802. The summed E-state index contributed by atoms with van der Waals surface area (Å²) in [5.74, 6) is 0. The Kier molecular flexibility index (Phi) is 2.06. The predicted molar refractivity (Wildman–Crippen MR) is 32.8 cm³/mol. The quantitative estimate of drug-likeness (QED) is 0.407. The molecule has 0 radical (unpaired) electrons. The number of aliphatic hydroxyl groups excluding tert-OH is 1. The molecule has 0 spiro atoms. The molecule has 0 aromatic carbocycles. The second kappa shape index (κ2) is 3.06. The van der Waals surface area contributed by atoms with Gasteiger partial charge < -0.3 is 5.11 Å². The summed E-state index contributed by atoms with van der Waals surface area (Å²) in [5.41, 5.74) is 5.13. The van der Waals surface area contributed by atoms with E-state index in [1.807, 2.05) is 0 Å². The molecular weight excluding hydrogens is 120 g/mol. The second-order valence-corrected chi connectivity index (χ2v) is 1.41. The minimum atomic E-state index is -0.118. The van der Waals surface area contributed by atoms with Gasteiger partial charge in [0.25, 0.3) is 0 Å². The molecule has 0 aromatic rings. The minimum absolute atomic E-state index is 0.118. The maximum Gasteiger partial charge on any atom is 0.112 e. The fourth-order valence-corrected chi connectivity index (χ4v) is 0.461. The van der Waals surface area contributed by atoms with E-state index in [9.17, 15) is 0 Å². The molecule has 0 unspecified atom stereocenters. The molecule has 1 aliphatic heterocycles. The van der Waals surface area contributed by atoms with E-state index in [-0.39, 0.29) is 6.73 Å². The van der Waals surface area contributed by atoms with E-state index >= 15 is 0 Å². The summed E-state index contributed by atoms with van der Waals surface area (Å²) >= 11 is 0. The SMILES string of the molecule is OCNN1C=CC=NN1. The van der Waals surface area contributed by atoms with E-state index in [0.29, 0.717) is 0 Å². The van der Waals surface area contributed by atoms with Gasteiger partial charge in [-0.05, 0) is 6.08 Å². The van der Waals surface area contributed by atoms with E-state index in [1.165, 1.54) is 5.12 Å². The lowest BCUT2D eigenvalue weighted by Gasteiger charge is -2.19. The van der Waals surface area contributed by atoms with Gasteiger partial charge in [0.1, 0.15) is 6.73 Å². The molecule has 1 rings (SSSR count). The van der Waals surface area contributed by atoms with Crippen molar-refractivity contribution in [3.63, 3.8) is 0 Å². The first-order chi connectivity index (χ1) is 4.43. The zero-order valence-electron chi connectivity index (χ0n) is 4.78. The van der Waals surface area contributed by atoms with Crippen LogP contribution in [0, 0.1) is 0 Å². The molecule has 5 nitrogen and oxygen atoms in total. The Hall–Kier alpha value is -1.07. The molecule has 0 atom stereocenters. The Labute approximate surface area is 52.6 Å². The Morgan fingerprint density at radius 3 is 3.22 bits per heavy atom. The topological polar surface area (TPSA) is 59.9 Å². The van der Waals surface area contributed by atoms with Crippen molar-refractivity contribution < 1.29 is 5.11 Å². The predicted octanol–water partition coefficient (Wildman–Crippen LogP) is -1.24. The molecular formula is C4H8N4O. The lowest BCUT2D eigenvalue weighted by atomic mass is 10.6. The fraction of sp³-hybridized carbons (Fsp3) is 0.250. The van der Waals surface area contributed by atoms with Crippen LogP contribution in [0.1, 0.15) is 0 Å². The van der Waals surface area contributed by atoms with Crippen LogP contribution in [0.2, 0.25) is 0 Å². The van der Waals surface area contributed by atoms with Crippen LogP contribution in [0.5, 0.6) is 0 Å². The second-order valence-electron chi connectivity index (χ2n) is 1.41. The van der Waals surface area contributed by atoms with Crippen molar-refractivity contribution in [2.75, 3.05) is 6.73 Å². The van der Waals surface area contributed by atoms with Gasteiger partial charge >= 0.3 is 0 Å². The number of nitrogens with zero attached hydrogens (tertiary/aromatic N) is 2. The average Bonchev–Trinajstić information content (AvgIpc) is 1.91. The molecule has 9 heavy (non-hydrogen) atoms. The van der Waals surface area contributed by atoms with E-state index in [1.54, 1.807) is 18.5 Å². The maximum absolute atomic E-state index is 8.34. The smallest absolute Gasteiger partial charge is 0.112 e. The van der Waals surface area contributed by atoms with Crippen LogP contribution in [-0.4, -0.2) is 23.2 Å². The highest BCUT2D eigenvalue weighted by atomic mass is 16.3. The number of hydrogen-bond donors (Lipinski definition) is 3. The summed E-state index contributed by atoms with van der Waals surface area (Å²) in [7, 11) is 0. The molecule has 0 aliphatic carbocycles. The lowest BCUT2D eigenvalue weighted by Crippen LogP contribution is -2.43. The molecule has 0 saturated heterocycles. The first-order valence-corrected chi connectivity index (χ1v) is 2.52. The first kappa shape index (κ1) is 6.06. The third kappa shape index (κ3) is 1.71. The van der Waals surface area contributed by atoms with Crippen LogP contribution in [0.4, 0.5) is 0 Å². The van der Waals surface area contributed by atoms with Gasteiger partial charge in [0.2, 0.25) is 0 Å². The van der Waals surface area contributed by atoms with Crippen molar-refractivity contribution in [2.45, 2.75) is 0 Å². The highest BCUT2D eigenvalue weighted by Gasteiger charge is 1.93. The minimum Gasteiger partial charge on any atom is -0.380 e. The van der Waals surface area contributed by atoms with Gasteiger partial charge in [0.05, 0.1) is 6.21 Å². The Morgan fingerprint density at radius 2 is 2.67 bits per heavy atom. The number of nitrogens with one attached hydrogen (secondary N) is 2. The Bertz CT molecular complexity index is 133. The van der Waals surface area contributed by atoms with Crippen LogP contribution in [0.15, 0.2) is 17.4 Å². The monoisotopic (exact) mass is 128 g/mol. The summed E-state index contributed by atoms with van der Waals surface area (Å²) in [6.45, 7) is -0.118. The van der Waals surface area contributed by atoms with Crippen LogP contribution in [0.3, 0.4) is 0 Å². The van der Waals surface area contributed by atoms with Crippen molar-refractivity contribution >= 4 is 6.21 Å². The van der Waals surface area contributed by atoms with E-state index < -0.39 is 0 Å². The normalized spacial score (nSPS) is 15.9. The zero-order valence-corrected chi connectivity index (χ0v) is 4.78. The van der Waals surface area contributed by atoms with Crippen LogP contribution in [0.25, 0.3) is 0 Å². The summed E-state index contributed by atoms with van der Waals surface area (Å²) in [4.78, 5) is 0. The van der Waals surface area contributed by atoms with Crippen molar-refractivity contribution in [3.8, 4) is 0 Å². The van der Waals surface area contributed by atoms with E-state index in [4.69, 9.17) is 5.11 Å². The lowest BCUT2D eigenvalue weighted by molar-refractivity contribution is 0.111. The van der Waals surface area contributed by atoms with Crippen LogP contribution < -0.4 is 11.0 Å². The summed E-state index contributed by atoms with van der Waals surface area (Å²) in [5, 5.41) is 13.5. The molecule has 0 bridgehead atoms. The Balaban J connectivity index is 2.28. The number of hydrazine groups is 2. The van der Waals surface area contributed by atoms with Crippen molar-refractivity contribution in [2.24, 2.45) is 5.10 Å². The Morgan fingerprint density at radius 1 is 1.78 bits per heavy atom. The highest BCUT2D eigenvalue weighted by Crippen LogP contribution is 1.81. The van der Waals surface area contributed by atoms with Gasteiger partial charge in [-0.25, -0.2) is 10.7 Å². The van der Waals surface area contributed by atoms with Gasteiger partial charge in [0.15, 0.2) is 0 Å². The standard InChI is InChI=1S/C4H8N4O/c9-4-6-8-3-1-2-5-7-8/h1-3,6-7,9H,4H2. The number of rotatable bonds is 2. The first-order valence-electron chi connectivity index (χ1n) is 2.52. The number of hydrogen-bond acceptors (Lipinski definition) is 5. The largest absolute Gasteiger partial charge is 0.380 e. The molecule has 0 aromatic heterocycles. The fourth-order valence-electron chi connectivity index (χ4n) is 0.461. The van der Waals surface area contributed by atoms with E-state index in [2.05, 4.69) is 16.1 Å². The molecule has 0 saturated carbocycles. The summed E-state index contributed by atoms with van der Waals surface area (Å²) in [6.07, 6.45) is 5.04. The molecule has 5 heteroatoms. The van der Waals surface area contributed by atoms with Crippen LogP contribution >= 0.6 is 0 Å². The summed E-state index contributed by atoms with van der Waals surface area (Å²) in [6, 6.07) is 0. The van der Waals surface area contributed by atoms with Gasteiger partial charge in [-0.1, -0.05) is 0 Å². The molecule has 1 aliphatic rings. The summed E-state index contributed by atoms with van der Waals surface area (Å²) < 4.78 is 0. The number of hydrazone groups is 1. The van der Waals surface area contributed by atoms with Gasteiger partial charge in [-0.15, -0.1) is 0 Å². The van der Waals surface area contributed by atoms with Gasteiger partial charge in [0, 0.05) is 6.20 Å².